The number of benzene rings is 2. The zero-order valence-electron chi connectivity index (χ0n) is 19.2. The number of nitrogens with one attached hydrogen (secondary N) is 1. The number of fused-ring (bicyclic) bond motifs is 3. The third-order valence-electron chi connectivity index (χ3n) is 6.72. The smallest absolute Gasteiger partial charge is 0.251 e. The maximum Gasteiger partial charge on any atom is 0.251 e. The maximum absolute atomic E-state index is 13.9. The highest BCUT2D eigenvalue weighted by molar-refractivity contribution is 6.04. The van der Waals surface area contributed by atoms with Gasteiger partial charge in [0.05, 0.1) is 0 Å². The molecule has 1 fully saturated rings. The van der Waals surface area contributed by atoms with Crippen LogP contribution in [-0.2, 0) is 4.79 Å². The first-order chi connectivity index (χ1) is 14.8. The summed E-state index contributed by atoms with van der Waals surface area (Å²) in [5.74, 6) is 0.104. The third-order valence-corrected chi connectivity index (χ3v) is 6.72. The van der Waals surface area contributed by atoms with Gasteiger partial charge in [-0.05, 0) is 63.5 Å². The number of likely N-dealkylation sites (tertiary alicyclic amines) is 1. The molecule has 2 aliphatic heterocycles. The van der Waals surface area contributed by atoms with Crippen molar-refractivity contribution in [1.82, 2.24) is 10.2 Å². The van der Waals surface area contributed by atoms with E-state index in [1.54, 1.807) is 0 Å². The molecule has 4 rings (SSSR count). The van der Waals surface area contributed by atoms with Gasteiger partial charge in [0.25, 0.3) is 5.91 Å². The van der Waals surface area contributed by atoms with Crippen LogP contribution in [0.4, 0.5) is 5.69 Å². The van der Waals surface area contributed by atoms with Gasteiger partial charge in [-0.25, -0.2) is 0 Å². The number of amides is 2. The summed E-state index contributed by atoms with van der Waals surface area (Å²) in [5, 5.41) is 3.03. The van der Waals surface area contributed by atoms with Crippen molar-refractivity contribution in [2.45, 2.75) is 52.1 Å². The molecule has 0 aliphatic carbocycles. The number of carbonyl (C=O) groups is 2. The summed E-state index contributed by atoms with van der Waals surface area (Å²) in [6.45, 7) is 10.0. The second-order valence-electron chi connectivity index (χ2n) is 9.56. The largest absolute Gasteiger partial charge is 0.340 e. The Morgan fingerprint density at radius 1 is 1.03 bits per heavy atom. The normalized spacial score (nSPS) is 21.5. The fourth-order valence-corrected chi connectivity index (χ4v) is 4.96. The Morgan fingerprint density at radius 2 is 1.71 bits per heavy atom. The summed E-state index contributed by atoms with van der Waals surface area (Å²) in [6, 6.07) is 13.4. The van der Waals surface area contributed by atoms with Crippen molar-refractivity contribution in [3.8, 4) is 0 Å². The predicted molar refractivity (Wildman–Crippen MR) is 125 cm³/mol. The zero-order chi connectivity index (χ0) is 22.3. The minimum absolute atomic E-state index is 0.00221. The predicted octanol–water partition coefficient (Wildman–Crippen LogP) is 3.89. The van der Waals surface area contributed by atoms with Gasteiger partial charge in [-0.2, -0.15) is 0 Å². The number of anilines is 1. The maximum atomic E-state index is 13.9. The van der Waals surface area contributed by atoms with Crippen LogP contribution in [0.1, 0.15) is 53.2 Å². The molecule has 0 aromatic heterocycles. The molecule has 164 valence electrons. The topological polar surface area (TPSA) is 52.7 Å². The molecule has 3 atom stereocenters. The molecule has 2 aromatic rings. The molecular formula is C26H33N3O2. The first-order valence-electron chi connectivity index (χ1n) is 11.3. The van der Waals surface area contributed by atoms with Crippen LogP contribution in [0.15, 0.2) is 42.5 Å². The molecule has 5 heteroatoms. The van der Waals surface area contributed by atoms with Gasteiger partial charge < -0.3 is 15.1 Å². The molecule has 0 radical (unpaired) electrons. The lowest BCUT2D eigenvalue weighted by Crippen LogP contribution is -2.55. The highest BCUT2D eigenvalue weighted by Crippen LogP contribution is 2.45. The van der Waals surface area contributed by atoms with Crippen LogP contribution in [-0.4, -0.2) is 48.9 Å². The molecular weight excluding hydrogens is 386 g/mol. The minimum atomic E-state index is -0.568. The molecule has 31 heavy (non-hydrogen) atoms. The summed E-state index contributed by atoms with van der Waals surface area (Å²) in [7, 11) is 2.15. The summed E-state index contributed by atoms with van der Waals surface area (Å²) < 4.78 is 0. The summed E-state index contributed by atoms with van der Waals surface area (Å²) in [4.78, 5) is 31.1. The molecule has 0 bridgehead atoms. The third kappa shape index (κ3) is 4.11. The second kappa shape index (κ2) is 8.46. The molecule has 2 heterocycles. The van der Waals surface area contributed by atoms with Gasteiger partial charge in [0.1, 0.15) is 6.04 Å². The highest BCUT2D eigenvalue weighted by Gasteiger charge is 2.46. The molecule has 1 saturated heterocycles. The Hall–Kier alpha value is -2.66. The molecule has 5 nitrogen and oxygen atoms in total. The average Bonchev–Trinajstić information content (AvgIpc) is 3.04. The van der Waals surface area contributed by atoms with E-state index in [9.17, 15) is 9.59 Å². The number of carbonyl (C=O) groups excluding carboxylic acids is 2. The fourth-order valence-electron chi connectivity index (χ4n) is 4.96. The van der Waals surface area contributed by atoms with E-state index in [0.29, 0.717) is 11.5 Å². The van der Waals surface area contributed by atoms with E-state index >= 15 is 0 Å². The van der Waals surface area contributed by atoms with Gasteiger partial charge in [-0.3, -0.25) is 9.59 Å². The first-order valence-corrected chi connectivity index (χ1v) is 11.3. The van der Waals surface area contributed by atoms with E-state index in [4.69, 9.17) is 0 Å². The van der Waals surface area contributed by atoms with Gasteiger partial charge in [-0.15, -0.1) is 0 Å². The minimum Gasteiger partial charge on any atom is -0.340 e. The van der Waals surface area contributed by atoms with E-state index in [2.05, 4.69) is 42.4 Å². The molecule has 1 N–H and O–H groups in total. The van der Waals surface area contributed by atoms with Crippen LogP contribution in [0, 0.1) is 19.8 Å². The van der Waals surface area contributed by atoms with Crippen molar-refractivity contribution in [2.75, 3.05) is 25.0 Å². The van der Waals surface area contributed by atoms with Crippen LogP contribution < -0.4 is 10.2 Å². The van der Waals surface area contributed by atoms with Crippen molar-refractivity contribution in [3.05, 3.63) is 64.7 Å². The van der Waals surface area contributed by atoms with Crippen LogP contribution in [0.2, 0.25) is 0 Å². The monoisotopic (exact) mass is 419 g/mol. The lowest BCUT2D eigenvalue weighted by atomic mass is 9.88. The second-order valence-corrected chi connectivity index (χ2v) is 9.56. The Bertz CT molecular complexity index is 983. The van der Waals surface area contributed by atoms with Gasteiger partial charge >= 0.3 is 0 Å². The van der Waals surface area contributed by atoms with Gasteiger partial charge in [0, 0.05) is 29.8 Å². The van der Waals surface area contributed by atoms with Crippen molar-refractivity contribution < 1.29 is 9.59 Å². The lowest BCUT2D eigenvalue weighted by Gasteiger charge is -2.38. The average molecular weight is 420 g/mol. The van der Waals surface area contributed by atoms with Gasteiger partial charge in [0.2, 0.25) is 5.91 Å². The zero-order valence-corrected chi connectivity index (χ0v) is 19.2. The lowest BCUT2D eigenvalue weighted by molar-refractivity contribution is -0.122. The molecule has 2 aliphatic rings. The van der Waals surface area contributed by atoms with Crippen molar-refractivity contribution in [1.29, 1.82) is 0 Å². The van der Waals surface area contributed by atoms with E-state index in [0.717, 1.165) is 30.8 Å². The summed E-state index contributed by atoms with van der Waals surface area (Å²) in [6.07, 6.45) is 0.942. The fraction of sp³-hybridized carbons (Fsp3) is 0.462. The Balaban J connectivity index is 1.64. The molecule has 0 unspecified atom stereocenters. The molecule has 0 spiro atoms. The molecule has 0 saturated carbocycles. The quantitative estimate of drug-likeness (QED) is 0.818. The van der Waals surface area contributed by atoms with Crippen molar-refractivity contribution in [3.63, 3.8) is 0 Å². The first kappa shape index (κ1) is 21.6. The SMILES string of the molecule is Cc1ccc(C(=O)N[C@H](C(=O)N2c3ccc(C)cc3[C@@H]3CN(C)CC[C@H]32)C(C)C)cc1. The highest BCUT2D eigenvalue weighted by atomic mass is 16.2. The number of rotatable bonds is 4. The van der Waals surface area contributed by atoms with E-state index in [-0.39, 0.29) is 23.8 Å². The van der Waals surface area contributed by atoms with E-state index in [1.165, 1.54) is 11.1 Å². The Labute approximate surface area is 185 Å². The van der Waals surface area contributed by atoms with Crippen LogP contribution in [0.25, 0.3) is 0 Å². The number of hydrogen-bond acceptors (Lipinski definition) is 3. The van der Waals surface area contributed by atoms with Gasteiger partial charge in [-0.1, -0.05) is 49.2 Å². The molecule has 2 amide bonds. The van der Waals surface area contributed by atoms with Crippen molar-refractivity contribution in [2.24, 2.45) is 5.92 Å². The summed E-state index contributed by atoms with van der Waals surface area (Å²) in [5.41, 5.74) is 5.17. The Morgan fingerprint density at radius 3 is 2.39 bits per heavy atom. The number of aryl methyl sites for hydroxylation is 2. The standard InChI is InChI=1S/C26H33N3O2/c1-16(2)24(27-25(30)19-9-6-17(3)7-10-19)26(31)29-22-11-8-18(4)14-20(22)21-15-28(5)13-12-23(21)29/h6-11,14,16,21,23-24H,12-13,15H2,1-5H3,(H,27,30)/t21-,23+,24-/m0/s1. The van der Waals surface area contributed by atoms with Crippen LogP contribution in [0.5, 0.6) is 0 Å². The number of hydrogen-bond donors (Lipinski definition) is 1. The number of likely N-dealkylation sites (N-methyl/N-ethyl adjacent to an activating group) is 1. The van der Waals surface area contributed by atoms with E-state index in [1.807, 2.05) is 49.9 Å². The number of piperidine rings is 1. The van der Waals surface area contributed by atoms with Crippen molar-refractivity contribution >= 4 is 17.5 Å². The summed E-state index contributed by atoms with van der Waals surface area (Å²) >= 11 is 0. The van der Waals surface area contributed by atoms with Gasteiger partial charge in [0.15, 0.2) is 0 Å². The number of nitrogens with zero attached hydrogens (tertiary/aromatic N) is 2. The Kier molecular flexibility index (Phi) is 5.89. The van der Waals surface area contributed by atoms with E-state index < -0.39 is 6.04 Å². The van der Waals surface area contributed by atoms with Crippen LogP contribution >= 0.6 is 0 Å². The molecule has 2 aromatic carbocycles. The van der Waals surface area contributed by atoms with Crippen LogP contribution in [0.3, 0.4) is 0 Å².